The average Bonchev–Trinajstić information content (AvgIpc) is 3.63. The predicted octanol–water partition coefficient (Wildman–Crippen LogP) is 3.72. The van der Waals surface area contributed by atoms with Crippen molar-refractivity contribution in [2.24, 2.45) is 5.92 Å². The summed E-state index contributed by atoms with van der Waals surface area (Å²) < 4.78 is 0. The number of hydrogen-bond acceptors (Lipinski definition) is 9. The lowest BCUT2D eigenvalue weighted by Gasteiger charge is -2.16. The highest BCUT2D eigenvalue weighted by Gasteiger charge is 2.29. The van der Waals surface area contributed by atoms with Crippen LogP contribution in [0.25, 0.3) is 0 Å². The molecule has 0 spiro atoms. The third-order valence-electron chi connectivity index (χ3n) is 6.80. The van der Waals surface area contributed by atoms with Gasteiger partial charge in [-0.3, -0.25) is 14.6 Å². The van der Waals surface area contributed by atoms with Crippen molar-refractivity contribution < 1.29 is 9.59 Å². The van der Waals surface area contributed by atoms with E-state index in [1.54, 1.807) is 11.1 Å². The van der Waals surface area contributed by atoms with Crippen molar-refractivity contribution in [3.05, 3.63) is 70.9 Å². The molecule has 12 nitrogen and oxygen atoms in total. The highest BCUT2D eigenvalue weighted by Crippen LogP contribution is 2.30. The second-order valence-corrected chi connectivity index (χ2v) is 10.0. The zero-order valence-electron chi connectivity index (χ0n) is 20.8. The number of aromatic amines is 1. The number of H-pyrrole nitrogens is 1. The fraction of sp³-hybridized carbons (Fsp3) is 0.269. The lowest BCUT2D eigenvalue weighted by molar-refractivity contribution is -0.117. The summed E-state index contributed by atoms with van der Waals surface area (Å²) in [5.41, 5.74) is 4.58. The Kier molecular flexibility index (Phi) is 6.76. The van der Waals surface area contributed by atoms with Crippen LogP contribution in [0.2, 0.25) is 5.02 Å². The molecule has 0 radical (unpaired) electrons. The number of nitrogens with zero attached hydrogens (tertiary/aromatic N) is 6. The first-order valence-electron chi connectivity index (χ1n) is 12.6. The molecule has 4 N–H and O–H groups in total. The monoisotopic (exact) mass is 544 g/mol. The molecule has 1 aromatic carbocycles. The molecule has 13 heteroatoms. The second-order valence-electron chi connectivity index (χ2n) is 9.61. The largest absolute Gasteiger partial charge is 0.339 e. The lowest BCUT2D eigenvalue weighted by Crippen LogP contribution is -2.29. The Bertz CT molecular complexity index is 1530. The molecule has 198 valence electrons. The van der Waals surface area contributed by atoms with E-state index in [0.717, 1.165) is 41.0 Å². The van der Waals surface area contributed by atoms with E-state index in [0.29, 0.717) is 42.7 Å². The number of rotatable bonds is 4. The van der Waals surface area contributed by atoms with Gasteiger partial charge < -0.3 is 20.9 Å². The highest BCUT2D eigenvalue weighted by molar-refractivity contribution is 6.32. The quantitative estimate of drug-likeness (QED) is 0.301. The second kappa shape index (κ2) is 10.7. The smallest absolute Gasteiger partial charge is 0.276 e. The van der Waals surface area contributed by atoms with E-state index in [1.165, 1.54) is 12.4 Å². The van der Waals surface area contributed by atoms with Gasteiger partial charge in [0.1, 0.15) is 5.02 Å². The third kappa shape index (κ3) is 5.65. The first kappa shape index (κ1) is 24.7. The molecule has 1 saturated heterocycles. The number of pyridine rings is 1. The van der Waals surface area contributed by atoms with Crippen LogP contribution in [0.1, 0.15) is 34.5 Å². The van der Waals surface area contributed by atoms with Crippen molar-refractivity contribution in [2.45, 2.75) is 25.7 Å². The number of amides is 2. The van der Waals surface area contributed by atoms with Crippen LogP contribution in [0.5, 0.6) is 0 Å². The van der Waals surface area contributed by atoms with Crippen LogP contribution >= 0.6 is 11.6 Å². The molecule has 2 aliphatic rings. The van der Waals surface area contributed by atoms with Crippen LogP contribution in [0.3, 0.4) is 0 Å². The number of benzene rings is 1. The number of halogens is 1. The molecule has 0 unspecified atom stereocenters. The van der Waals surface area contributed by atoms with Crippen molar-refractivity contribution in [1.29, 1.82) is 0 Å². The summed E-state index contributed by atoms with van der Waals surface area (Å²) in [6, 6.07) is 7.75. The van der Waals surface area contributed by atoms with Gasteiger partial charge >= 0.3 is 0 Å². The minimum absolute atomic E-state index is 0.0715. The van der Waals surface area contributed by atoms with Crippen LogP contribution in [-0.4, -0.2) is 60.2 Å². The number of anilines is 5. The Labute approximate surface area is 228 Å². The van der Waals surface area contributed by atoms with Gasteiger partial charge in [-0.15, -0.1) is 0 Å². The van der Waals surface area contributed by atoms with Crippen molar-refractivity contribution in [3.8, 4) is 0 Å². The fourth-order valence-corrected chi connectivity index (χ4v) is 5.00. The van der Waals surface area contributed by atoms with E-state index in [9.17, 15) is 9.59 Å². The van der Waals surface area contributed by atoms with Crippen LogP contribution in [0.15, 0.2) is 49.1 Å². The number of fused-ring (bicyclic) bond motifs is 6. The molecule has 1 fully saturated rings. The molecule has 6 rings (SSSR count). The van der Waals surface area contributed by atoms with Crippen molar-refractivity contribution in [2.75, 3.05) is 29.0 Å². The average molecular weight is 545 g/mol. The van der Waals surface area contributed by atoms with E-state index in [-0.39, 0.29) is 23.4 Å². The topological polar surface area (TPSA) is 154 Å². The molecule has 39 heavy (non-hydrogen) atoms. The van der Waals surface area contributed by atoms with Crippen LogP contribution in [-0.2, 0) is 17.6 Å². The standard InChI is InChI=1S/C26H25ClN10O2/c27-20-12-29-26-32-19-7-15(10-28-11-19)1-2-17-9-18(31-24(20)34-26)3-4-21(17)33-23(38)8-16-5-6-37(14-16)25(39)22-13-30-36-35-22/h3-4,7,9-13,16H,1-2,5-6,8,14H2,(H,33,38)(H,30,35,36)(H2,29,31,32,34)/t16-/m1/s1. The number of carbonyl (C=O) groups excluding carboxylic acids is 2. The molecular weight excluding hydrogens is 520 g/mol. The predicted molar refractivity (Wildman–Crippen MR) is 145 cm³/mol. The maximum Gasteiger partial charge on any atom is 0.276 e. The Morgan fingerprint density at radius 1 is 1.08 bits per heavy atom. The van der Waals surface area contributed by atoms with Gasteiger partial charge in [-0.25, -0.2) is 4.98 Å². The van der Waals surface area contributed by atoms with Gasteiger partial charge in [-0.1, -0.05) is 11.6 Å². The van der Waals surface area contributed by atoms with Gasteiger partial charge in [-0.05, 0) is 60.6 Å². The summed E-state index contributed by atoms with van der Waals surface area (Å²) in [6.07, 6.45) is 8.95. The molecule has 2 amide bonds. The molecule has 5 heterocycles. The van der Waals surface area contributed by atoms with E-state index in [4.69, 9.17) is 11.6 Å². The Balaban J connectivity index is 1.19. The molecule has 0 aliphatic carbocycles. The normalized spacial score (nSPS) is 16.2. The van der Waals surface area contributed by atoms with Gasteiger partial charge in [0.25, 0.3) is 5.91 Å². The molecule has 1 atom stereocenters. The molecule has 6 bridgehead atoms. The molecule has 4 aromatic rings. The summed E-state index contributed by atoms with van der Waals surface area (Å²) in [4.78, 5) is 40.4. The summed E-state index contributed by atoms with van der Waals surface area (Å²) in [5.74, 6) is 0.670. The fourth-order valence-electron chi connectivity index (χ4n) is 4.87. The first-order valence-corrected chi connectivity index (χ1v) is 13.0. The maximum atomic E-state index is 13.1. The highest BCUT2D eigenvalue weighted by atomic mass is 35.5. The number of aromatic nitrogens is 6. The van der Waals surface area contributed by atoms with E-state index >= 15 is 0 Å². The number of hydrogen-bond donors (Lipinski definition) is 4. The third-order valence-corrected chi connectivity index (χ3v) is 7.08. The molecular formula is C26H25ClN10O2. The van der Waals surface area contributed by atoms with Gasteiger partial charge in [0.15, 0.2) is 11.5 Å². The maximum absolute atomic E-state index is 13.1. The van der Waals surface area contributed by atoms with E-state index < -0.39 is 0 Å². The van der Waals surface area contributed by atoms with Crippen molar-refractivity contribution >= 4 is 52.2 Å². The van der Waals surface area contributed by atoms with E-state index in [1.807, 2.05) is 30.5 Å². The molecule has 3 aromatic heterocycles. The number of carbonyl (C=O) groups is 2. The lowest BCUT2D eigenvalue weighted by atomic mass is 10.0. The minimum atomic E-state index is -0.175. The van der Waals surface area contributed by atoms with Crippen molar-refractivity contribution in [1.82, 2.24) is 35.3 Å². The number of aryl methyl sites for hydroxylation is 2. The van der Waals surface area contributed by atoms with Gasteiger partial charge in [0, 0.05) is 37.1 Å². The van der Waals surface area contributed by atoms with Crippen LogP contribution in [0, 0.1) is 5.92 Å². The number of nitrogens with one attached hydrogen (secondary N) is 4. The minimum Gasteiger partial charge on any atom is -0.339 e. The van der Waals surface area contributed by atoms with Crippen LogP contribution < -0.4 is 16.0 Å². The number of likely N-dealkylation sites (tertiary alicyclic amines) is 1. The zero-order valence-corrected chi connectivity index (χ0v) is 21.6. The molecule has 0 saturated carbocycles. The van der Waals surface area contributed by atoms with Gasteiger partial charge in [-0.2, -0.15) is 20.4 Å². The SMILES string of the molecule is O=C(C[C@H]1CCN(C(=O)c2cn[nH]n2)C1)Nc1ccc2cc1CCc1cncc(c1)Nc1ncc(Cl)c(n1)N2. The zero-order chi connectivity index (χ0) is 26.8. The Morgan fingerprint density at radius 3 is 2.87 bits per heavy atom. The Morgan fingerprint density at radius 2 is 2.00 bits per heavy atom. The summed E-state index contributed by atoms with van der Waals surface area (Å²) in [7, 11) is 0. The van der Waals surface area contributed by atoms with Crippen molar-refractivity contribution in [3.63, 3.8) is 0 Å². The summed E-state index contributed by atoms with van der Waals surface area (Å²) >= 11 is 6.36. The van der Waals surface area contributed by atoms with Crippen LogP contribution in [0.4, 0.5) is 28.8 Å². The van der Waals surface area contributed by atoms with Gasteiger partial charge in [0.05, 0.1) is 24.3 Å². The van der Waals surface area contributed by atoms with E-state index in [2.05, 4.69) is 46.3 Å². The Hall–Kier alpha value is -4.58. The van der Waals surface area contributed by atoms with Gasteiger partial charge in [0.2, 0.25) is 11.9 Å². The summed E-state index contributed by atoms with van der Waals surface area (Å²) in [6.45, 7) is 1.10. The first-order chi connectivity index (χ1) is 19.0. The summed E-state index contributed by atoms with van der Waals surface area (Å²) in [5, 5.41) is 19.9. The molecule has 2 aliphatic heterocycles.